The molecule has 1 fully saturated rings. The number of nitrogens with one attached hydrogen (secondary N) is 1. The number of hydrogen-bond donors (Lipinski definition) is 2. The summed E-state index contributed by atoms with van der Waals surface area (Å²) in [4.78, 5) is 4.15. The first-order valence-corrected chi connectivity index (χ1v) is 6.10. The first kappa shape index (κ1) is 12.3. The van der Waals surface area contributed by atoms with E-state index in [2.05, 4.69) is 17.2 Å². The Morgan fingerprint density at radius 2 is 2.18 bits per heavy atom. The predicted molar refractivity (Wildman–Crippen MR) is 65.8 cm³/mol. The van der Waals surface area contributed by atoms with Crippen molar-refractivity contribution in [1.29, 1.82) is 0 Å². The molecule has 0 atom stereocenters. The van der Waals surface area contributed by atoms with Crippen LogP contribution in [-0.2, 0) is 11.3 Å². The van der Waals surface area contributed by atoms with Crippen LogP contribution in [0, 0.1) is 5.41 Å². The van der Waals surface area contributed by atoms with E-state index in [1.54, 1.807) is 6.07 Å². The molecule has 1 aromatic rings. The minimum atomic E-state index is 0.213. The number of aromatic hydroxyl groups is 1. The summed E-state index contributed by atoms with van der Waals surface area (Å²) in [5.41, 5.74) is 1.30. The summed E-state index contributed by atoms with van der Waals surface area (Å²) >= 11 is 0. The Bertz CT molecular complexity index is 345. The third-order valence-corrected chi connectivity index (χ3v) is 3.37. The van der Waals surface area contributed by atoms with E-state index in [9.17, 15) is 0 Å². The molecule has 94 valence electrons. The number of aromatic nitrogens is 1. The van der Waals surface area contributed by atoms with Crippen molar-refractivity contribution in [3.05, 3.63) is 24.0 Å². The lowest BCUT2D eigenvalue weighted by atomic mass is 9.82. The Morgan fingerprint density at radius 3 is 2.82 bits per heavy atom. The molecule has 0 unspecified atom stereocenters. The highest BCUT2D eigenvalue weighted by Gasteiger charge is 2.26. The van der Waals surface area contributed by atoms with Crippen LogP contribution in [0.1, 0.15) is 25.5 Å². The maximum absolute atomic E-state index is 9.13. The van der Waals surface area contributed by atoms with Crippen LogP contribution >= 0.6 is 0 Å². The molecule has 2 rings (SSSR count). The van der Waals surface area contributed by atoms with Crippen LogP contribution in [0.3, 0.4) is 0 Å². The SMILES string of the molecule is CC1(CNCc2ccc(O)cn2)CCOCC1. The molecular weight excluding hydrogens is 216 g/mol. The van der Waals surface area contributed by atoms with Crippen LogP contribution in [0.4, 0.5) is 0 Å². The number of rotatable bonds is 4. The molecule has 0 bridgehead atoms. The number of ether oxygens (including phenoxy) is 1. The van der Waals surface area contributed by atoms with Crippen molar-refractivity contribution in [2.75, 3.05) is 19.8 Å². The number of pyridine rings is 1. The van der Waals surface area contributed by atoms with Gasteiger partial charge in [-0.25, -0.2) is 0 Å². The lowest BCUT2D eigenvalue weighted by Crippen LogP contribution is -2.36. The maximum atomic E-state index is 9.13. The summed E-state index contributed by atoms with van der Waals surface area (Å²) in [6.45, 7) is 5.77. The highest BCUT2D eigenvalue weighted by molar-refractivity contribution is 5.17. The zero-order chi connectivity index (χ0) is 12.1. The molecule has 0 saturated carbocycles. The van der Waals surface area contributed by atoms with Crippen molar-refractivity contribution in [3.8, 4) is 5.75 Å². The van der Waals surface area contributed by atoms with Crippen LogP contribution in [0.15, 0.2) is 18.3 Å². The zero-order valence-electron chi connectivity index (χ0n) is 10.3. The van der Waals surface area contributed by atoms with Crippen LogP contribution in [0.5, 0.6) is 5.75 Å². The highest BCUT2D eigenvalue weighted by atomic mass is 16.5. The summed E-state index contributed by atoms with van der Waals surface area (Å²) < 4.78 is 5.37. The molecular formula is C13H20N2O2. The molecule has 1 saturated heterocycles. The van der Waals surface area contributed by atoms with Gasteiger partial charge >= 0.3 is 0 Å². The van der Waals surface area contributed by atoms with Gasteiger partial charge in [-0.3, -0.25) is 4.98 Å². The minimum Gasteiger partial charge on any atom is -0.506 e. The third kappa shape index (κ3) is 3.68. The molecule has 0 aromatic carbocycles. The Morgan fingerprint density at radius 1 is 1.41 bits per heavy atom. The van der Waals surface area contributed by atoms with Gasteiger partial charge in [0.25, 0.3) is 0 Å². The molecule has 4 nitrogen and oxygen atoms in total. The molecule has 0 aliphatic carbocycles. The zero-order valence-corrected chi connectivity index (χ0v) is 10.3. The van der Waals surface area contributed by atoms with Gasteiger partial charge in [0.2, 0.25) is 0 Å². The van der Waals surface area contributed by atoms with Gasteiger partial charge in [-0.05, 0) is 30.4 Å². The first-order valence-electron chi connectivity index (χ1n) is 6.10. The van der Waals surface area contributed by atoms with Crippen molar-refractivity contribution < 1.29 is 9.84 Å². The summed E-state index contributed by atoms with van der Waals surface area (Å²) in [5.74, 6) is 0.213. The molecule has 4 heteroatoms. The molecule has 1 aromatic heterocycles. The fourth-order valence-corrected chi connectivity index (χ4v) is 2.05. The van der Waals surface area contributed by atoms with Gasteiger partial charge < -0.3 is 15.2 Å². The Labute approximate surface area is 102 Å². The lowest BCUT2D eigenvalue weighted by molar-refractivity contribution is 0.0239. The molecule has 1 aliphatic rings. The maximum Gasteiger partial charge on any atom is 0.133 e. The fraction of sp³-hybridized carbons (Fsp3) is 0.615. The topological polar surface area (TPSA) is 54.4 Å². The lowest BCUT2D eigenvalue weighted by Gasteiger charge is -2.33. The molecule has 0 spiro atoms. The van der Waals surface area contributed by atoms with Gasteiger partial charge in [0.15, 0.2) is 0 Å². The Hall–Kier alpha value is -1.13. The van der Waals surface area contributed by atoms with Crippen LogP contribution in [0.25, 0.3) is 0 Å². The average molecular weight is 236 g/mol. The van der Waals surface area contributed by atoms with E-state index in [4.69, 9.17) is 9.84 Å². The van der Waals surface area contributed by atoms with E-state index in [1.807, 2.05) is 6.07 Å². The quantitative estimate of drug-likeness (QED) is 0.835. The molecule has 2 N–H and O–H groups in total. The minimum absolute atomic E-state index is 0.213. The van der Waals surface area contributed by atoms with Gasteiger partial charge in [0.1, 0.15) is 5.75 Å². The Balaban J connectivity index is 1.77. The standard InChI is InChI=1S/C13H20N2O2/c1-13(4-6-17-7-5-13)10-14-8-11-2-3-12(16)9-15-11/h2-3,9,14,16H,4-8,10H2,1H3. The van der Waals surface area contributed by atoms with Crippen LogP contribution in [-0.4, -0.2) is 29.8 Å². The highest BCUT2D eigenvalue weighted by Crippen LogP contribution is 2.28. The van der Waals surface area contributed by atoms with E-state index < -0.39 is 0 Å². The van der Waals surface area contributed by atoms with Gasteiger partial charge in [-0.1, -0.05) is 6.92 Å². The van der Waals surface area contributed by atoms with Crippen molar-refractivity contribution >= 4 is 0 Å². The largest absolute Gasteiger partial charge is 0.506 e. The summed E-state index contributed by atoms with van der Waals surface area (Å²) in [5, 5.41) is 12.6. The van der Waals surface area contributed by atoms with Crippen molar-refractivity contribution in [1.82, 2.24) is 10.3 Å². The van der Waals surface area contributed by atoms with Crippen LogP contribution < -0.4 is 5.32 Å². The molecule has 1 aliphatic heterocycles. The normalized spacial score (nSPS) is 19.1. The van der Waals surface area contributed by atoms with E-state index in [1.165, 1.54) is 6.20 Å². The van der Waals surface area contributed by atoms with Crippen molar-refractivity contribution in [3.63, 3.8) is 0 Å². The molecule has 17 heavy (non-hydrogen) atoms. The second-order valence-corrected chi connectivity index (χ2v) is 5.03. The van der Waals surface area contributed by atoms with Gasteiger partial charge in [0, 0.05) is 26.3 Å². The van der Waals surface area contributed by atoms with Gasteiger partial charge in [-0.2, -0.15) is 0 Å². The second kappa shape index (κ2) is 5.47. The Kier molecular flexibility index (Phi) is 3.97. The summed E-state index contributed by atoms with van der Waals surface area (Å²) in [6, 6.07) is 3.51. The van der Waals surface area contributed by atoms with Crippen LogP contribution in [0.2, 0.25) is 0 Å². The number of hydrogen-bond acceptors (Lipinski definition) is 4. The van der Waals surface area contributed by atoms with Crippen molar-refractivity contribution in [2.45, 2.75) is 26.3 Å². The molecule has 2 heterocycles. The monoisotopic (exact) mass is 236 g/mol. The smallest absolute Gasteiger partial charge is 0.133 e. The van der Waals surface area contributed by atoms with Gasteiger partial charge in [0.05, 0.1) is 11.9 Å². The fourth-order valence-electron chi connectivity index (χ4n) is 2.05. The van der Waals surface area contributed by atoms with E-state index >= 15 is 0 Å². The second-order valence-electron chi connectivity index (χ2n) is 5.03. The average Bonchev–Trinajstić information content (AvgIpc) is 2.32. The van der Waals surface area contributed by atoms with E-state index in [0.29, 0.717) is 5.41 Å². The van der Waals surface area contributed by atoms with Gasteiger partial charge in [-0.15, -0.1) is 0 Å². The summed E-state index contributed by atoms with van der Waals surface area (Å²) in [7, 11) is 0. The van der Waals surface area contributed by atoms with Crippen molar-refractivity contribution in [2.24, 2.45) is 5.41 Å². The first-order chi connectivity index (χ1) is 8.18. The van der Waals surface area contributed by atoms with E-state index in [0.717, 1.165) is 44.8 Å². The molecule has 0 amide bonds. The molecule has 0 radical (unpaired) electrons. The number of nitrogens with zero attached hydrogens (tertiary/aromatic N) is 1. The predicted octanol–water partition coefficient (Wildman–Crippen LogP) is 1.69. The third-order valence-electron chi connectivity index (χ3n) is 3.37. The van der Waals surface area contributed by atoms with E-state index in [-0.39, 0.29) is 5.75 Å². The summed E-state index contributed by atoms with van der Waals surface area (Å²) in [6.07, 6.45) is 3.71.